The first-order valence-electron chi connectivity index (χ1n) is 8.29. The zero-order valence-corrected chi connectivity index (χ0v) is 14.4. The van der Waals surface area contributed by atoms with Crippen LogP contribution in [0.4, 0.5) is 0 Å². The van der Waals surface area contributed by atoms with Gasteiger partial charge in [-0.05, 0) is 31.2 Å². The smallest absolute Gasteiger partial charge is 0.324 e. The lowest BCUT2D eigenvalue weighted by Crippen LogP contribution is -2.33. The van der Waals surface area contributed by atoms with Gasteiger partial charge in [-0.2, -0.15) is 0 Å². The average Bonchev–Trinajstić information content (AvgIpc) is 2.93. The van der Waals surface area contributed by atoms with Crippen LogP contribution in [0.25, 0.3) is 11.3 Å². The number of nitrogens with zero attached hydrogens (tertiary/aromatic N) is 2. The van der Waals surface area contributed by atoms with E-state index in [-0.39, 0.29) is 16.7 Å². The Morgan fingerprint density at radius 3 is 2.04 bits per heavy atom. The van der Waals surface area contributed by atoms with Gasteiger partial charge in [0.1, 0.15) is 0 Å². The normalized spacial score (nSPS) is 12.9. The molecule has 2 aromatic carbocycles. The van der Waals surface area contributed by atoms with E-state index >= 15 is 0 Å². The molecule has 6 heteroatoms. The van der Waals surface area contributed by atoms with Gasteiger partial charge < -0.3 is 4.84 Å². The highest BCUT2D eigenvalue weighted by Crippen LogP contribution is 2.24. The molecule has 0 saturated heterocycles. The molecule has 0 aliphatic carbocycles. The van der Waals surface area contributed by atoms with Crippen LogP contribution in [0, 0.1) is 6.92 Å². The summed E-state index contributed by atoms with van der Waals surface area (Å²) in [7, 11) is 0. The summed E-state index contributed by atoms with van der Waals surface area (Å²) in [5.41, 5.74) is 2.68. The van der Waals surface area contributed by atoms with E-state index in [9.17, 15) is 14.4 Å². The second kappa shape index (κ2) is 6.49. The Morgan fingerprint density at radius 2 is 1.44 bits per heavy atom. The van der Waals surface area contributed by atoms with E-state index in [1.165, 1.54) is 12.1 Å². The molecule has 0 fully saturated rings. The zero-order chi connectivity index (χ0) is 19.0. The van der Waals surface area contributed by atoms with Gasteiger partial charge in [-0.3, -0.25) is 14.6 Å². The first-order chi connectivity index (χ1) is 13.1. The summed E-state index contributed by atoms with van der Waals surface area (Å²) in [6.07, 6.45) is 0. The van der Waals surface area contributed by atoms with Gasteiger partial charge in [0.05, 0.1) is 28.1 Å². The van der Waals surface area contributed by atoms with E-state index in [4.69, 9.17) is 4.84 Å². The molecule has 1 aliphatic rings. The van der Waals surface area contributed by atoms with Crippen molar-refractivity contribution in [2.45, 2.75) is 6.92 Å². The second-order valence-corrected chi connectivity index (χ2v) is 6.02. The molecule has 1 aliphatic heterocycles. The minimum absolute atomic E-state index is 0.186. The summed E-state index contributed by atoms with van der Waals surface area (Å²) in [5.74, 6) is -2.12. The number of imide groups is 1. The van der Waals surface area contributed by atoms with E-state index < -0.39 is 17.8 Å². The highest BCUT2D eigenvalue weighted by atomic mass is 16.7. The van der Waals surface area contributed by atoms with Crippen molar-refractivity contribution in [2.24, 2.45) is 0 Å². The largest absolute Gasteiger partial charge is 0.365 e. The summed E-state index contributed by atoms with van der Waals surface area (Å²) < 4.78 is 0. The maximum Gasteiger partial charge on any atom is 0.365 e. The predicted octanol–water partition coefficient (Wildman–Crippen LogP) is 3.43. The number of amides is 2. The van der Waals surface area contributed by atoms with Gasteiger partial charge in [0.25, 0.3) is 11.8 Å². The number of benzene rings is 2. The van der Waals surface area contributed by atoms with Crippen molar-refractivity contribution in [3.05, 3.63) is 89.1 Å². The highest BCUT2D eigenvalue weighted by molar-refractivity contribution is 6.21. The van der Waals surface area contributed by atoms with Crippen LogP contribution >= 0.6 is 0 Å². The lowest BCUT2D eigenvalue weighted by Gasteiger charge is -2.14. The van der Waals surface area contributed by atoms with E-state index in [1.807, 2.05) is 30.3 Å². The standard InChI is InChI=1S/C21H14N2O4/c1-13-15(11-12-18(22-13)14-7-3-2-4-8-14)21(26)27-23-19(24)16-9-5-6-10-17(16)20(23)25/h2-12H,1H3. The van der Waals surface area contributed by atoms with Crippen LogP contribution in [0.5, 0.6) is 0 Å². The molecule has 4 rings (SSSR count). The number of carbonyl (C=O) groups excluding carboxylic acids is 3. The number of hydrogen-bond donors (Lipinski definition) is 0. The number of pyridine rings is 1. The lowest BCUT2D eigenvalue weighted by molar-refractivity contribution is -0.0585. The van der Waals surface area contributed by atoms with Crippen LogP contribution in [0.3, 0.4) is 0 Å². The number of hydroxylamine groups is 2. The Hall–Kier alpha value is -3.80. The van der Waals surface area contributed by atoms with Crippen molar-refractivity contribution < 1.29 is 19.2 Å². The van der Waals surface area contributed by atoms with Crippen LogP contribution in [0.1, 0.15) is 36.8 Å². The molecule has 1 aromatic heterocycles. The number of rotatable bonds is 3. The summed E-state index contributed by atoms with van der Waals surface area (Å²) in [5, 5.41) is 0.498. The third kappa shape index (κ3) is 2.87. The molecule has 27 heavy (non-hydrogen) atoms. The average molecular weight is 358 g/mol. The van der Waals surface area contributed by atoms with Gasteiger partial charge in [-0.25, -0.2) is 4.79 Å². The third-order valence-corrected chi connectivity index (χ3v) is 4.31. The molecule has 0 atom stereocenters. The fourth-order valence-corrected chi connectivity index (χ4v) is 2.93. The van der Waals surface area contributed by atoms with Crippen molar-refractivity contribution in [1.29, 1.82) is 0 Å². The molecule has 0 saturated carbocycles. The van der Waals surface area contributed by atoms with Crippen LogP contribution in [-0.4, -0.2) is 27.8 Å². The Balaban J connectivity index is 1.58. The Labute approximate surface area is 155 Å². The van der Waals surface area contributed by atoms with Gasteiger partial charge >= 0.3 is 5.97 Å². The molecular formula is C21H14N2O4. The molecule has 0 unspecified atom stereocenters. The van der Waals surface area contributed by atoms with Gasteiger partial charge in [0, 0.05) is 5.56 Å². The molecule has 0 bridgehead atoms. The number of carbonyl (C=O) groups is 3. The minimum atomic E-state index is -0.811. The van der Waals surface area contributed by atoms with Crippen LogP contribution in [0.15, 0.2) is 66.7 Å². The molecule has 2 heterocycles. The van der Waals surface area contributed by atoms with E-state index in [0.717, 1.165) is 5.56 Å². The summed E-state index contributed by atoms with van der Waals surface area (Å²) in [4.78, 5) is 46.6. The highest BCUT2D eigenvalue weighted by Gasteiger charge is 2.39. The fourth-order valence-electron chi connectivity index (χ4n) is 2.93. The summed E-state index contributed by atoms with van der Waals surface area (Å²) in [6.45, 7) is 1.67. The van der Waals surface area contributed by atoms with Crippen molar-refractivity contribution in [3.8, 4) is 11.3 Å². The summed E-state index contributed by atoms with van der Waals surface area (Å²) in [6, 6.07) is 19.1. The van der Waals surface area contributed by atoms with Crippen LogP contribution < -0.4 is 0 Å². The van der Waals surface area contributed by atoms with Gasteiger partial charge in [-0.1, -0.05) is 47.5 Å². The SMILES string of the molecule is Cc1nc(-c2ccccc2)ccc1C(=O)ON1C(=O)c2ccccc2C1=O. The second-order valence-electron chi connectivity index (χ2n) is 6.02. The van der Waals surface area contributed by atoms with E-state index in [0.29, 0.717) is 16.5 Å². The van der Waals surface area contributed by atoms with Gasteiger partial charge in [-0.15, -0.1) is 0 Å². The first-order valence-corrected chi connectivity index (χ1v) is 8.29. The van der Waals surface area contributed by atoms with Crippen LogP contribution in [0.2, 0.25) is 0 Å². The Kier molecular flexibility index (Phi) is 4.01. The molecule has 0 radical (unpaired) electrons. The number of aromatic nitrogens is 1. The monoisotopic (exact) mass is 358 g/mol. The maximum absolute atomic E-state index is 12.5. The molecule has 3 aromatic rings. The van der Waals surface area contributed by atoms with E-state index in [1.54, 1.807) is 31.2 Å². The minimum Gasteiger partial charge on any atom is -0.324 e. The van der Waals surface area contributed by atoms with Crippen molar-refractivity contribution >= 4 is 17.8 Å². The van der Waals surface area contributed by atoms with Gasteiger partial charge in [0.2, 0.25) is 0 Å². The summed E-state index contributed by atoms with van der Waals surface area (Å²) >= 11 is 0. The van der Waals surface area contributed by atoms with Crippen molar-refractivity contribution in [2.75, 3.05) is 0 Å². The molecule has 0 N–H and O–H groups in total. The molecule has 6 nitrogen and oxygen atoms in total. The number of fused-ring (bicyclic) bond motifs is 1. The molecule has 2 amide bonds. The third-order valence-electron chi connectivity index (χ3n) is 4.31. The lowest BCUT2D eigenvalue weighted by atomic mass is 10.1. The topological polar surface area (TPSA) is 76.6 Å². The zero-order valence-electron chi connectivity index (χ0n) is 14.4. The molecule has 132 valence electrons. The van der Waals surface area contributed by atoms with E-state index in [2.05, 4.69) is 4.98 Å². The Bertz CT molecular complexity index is 1040. The molecule has 0 spiro atoms. The number of aryl methyl sites for hydroxylation is 1. The molecular weight excluding hydrogens is 344 g/mol. The quantitative estimate of drug-likeness (QED) is 0.671. The fraction of sp³-hybridized carbons (Fsp3) is 0.0476. The van der Waals surface area contributed by atoms with Crippen molar-refractivity contribution in [3.63, 3.8) is 0 Å². The maximum atomic E-state index is 12.5. The van der Waals surface area contributed by atoms with Gasteiger partial charge in [0.15, 0.2) is 0 Å². The predicted molar refractivity (Wildman–Crippen MR) is 96.8 cm³/mol. The number of hydrogen-bond acceptors (Lipinski definition) is 5. The first kappa shape index (κ1) is 16.7. The Morgan fingerprint density at radius 1 is 0.852 bits per heavy atom. The van der Waals surface area contributed by atoms with Crippen molar-refractivity contribution in [1.82, 2.24) is 10.0 Å². The van der Waals surface area contributed by atoms with Crippen LogP contribution in [-0.2, 0) is 4.84 Å².